The number of carbonyl (C=O) groups is 1. The monoisotopic (exact) mass is 160 g/mol. The summed E-state index contributed by atoms with van der Waals surface area (Å²) in [6.45, 7) is 2.21. The highest BCUT2D eigenvalue weighted by atomic mass is 16.5. The molecule has 66 valence electrons. The van der Waals surface area contributed by atoms with E-state index in [0.29, 0.717) is 12.3 Å². The smallest absolute Gasteiger partial charge is 0.305 e. The molecule has 0 aromatic carbocycles. The number of rotatable bonds is 5. The molecule has 0 rings (SSSR count). The van der Waals surface area contributed by atoms with Crippen LogP contribution in [0.4, 0.5) is 0 Å². The second-order valence-corrected chi connectivity index (χ2v) is 2.73. The molecule has 0 spiro atoms. The first-order chi connectivity index (χ1) is 5.20. The largest absolute Gasteiger partial charge is 0.469 e. The molecule has 0 saturated carbocycles. The van der Waals surface area contributed by atoms with Gasteiger partial charge in [-0.3, -0.25) is 4.79 Å². The zero-order chi connectivity index (χ0) is 8.69. The van der Waals surface area contributed by atoms with E-state index in [1.165, 1.54) is 7.11 Å². The van der Waals surface area contributed by atoms with Crippen LogP contribution in [0.25, 0.3) is 0 Å². The van der Waals surface area contributed by atoms with Crippen molar-refractivity contribution in [1.29, 1.82) is 0 Å². The number of aliphatic hydroxyl groups is 1. The number of aliphatic hydroxyl groups excluding tert-OH is 1. The van der Waals surface area contributed by atoms with Gasteiger partial charge in [0.15, 0.2) is 0 Å². The molecule has 0 aliphatic rings. The minimum Gasteiger partial charge on any atom is -0.469 e. The lowest BCUT2D eigenvalue weighted by Crippen LogP contribution is -2.05. The summed E-state index contributed by atoms with van der Waals surface area (Å²) in [4.78, 5) is 10.6. The number of carbonyl (C=O) groups excluding carboxylic acids is 1. The molecule has 0 radical (unpaired) electrons. The summed E-state index contributed by atoms with van der Waals surface area (Å²) in [6, 6.07) is 0. The number of esters is 1. The van der Waals surface area contributed by atoms with E-state index in [0.717, 1.165) is 12.8 Å². The Morgan fingerprint density at radius 3 is 2.64 bits per heavy atom. The Morgan fingerprint density at radius 2 is 2.18 bits per heavy atom. The number of hydrogen-bond acceptors (Lipinski definition) is 3. The van der Waals surface area contributed by atoms with E-state index in [2.05, 4.69) is 4.74 Å². The van der Waals surface area contributed by atoms with Crippen LogP contribution in [0.15, 0.2) is 0 Å². The van der Waals surface area contributed by atoms with Crippen LogP contribution in [0, 0.1) is 5.92 Å². The number of ether oxygens (including phenoxy) is 1. The van der Waals surface area contributed by atoms with Crippen LogP contribution in [0.3, 0.4) is 0 Å². The average Bonchev–Trinajstić information content (AvgIpc) is 2.01. The van der Waals surface area contributed by atoms with Crippen LogP contribution < -0.4 is 0 Å². The highest BCUT2D eigenvalue weighted by Gasteiger charge is 2.05. The SMILES string of the molecule is COC(=O)CC[C@H](C)CCO. The number of methoxy groups -OCH3 is 1. The summed E-state index contributed by atoms with van der Waals surface area (Å²) in [5.74, 6) is 0.230. The Labute approximate surface area is 67.4 Å². The maximum atomic E-state index is 10.6. The van der Waals surface area contributed by atoms with E-state index in [9.17, 15) is 4.79 Å². The molecule has 0 aliphatic carbocycles. The zero-order valence-corrected chi connectivity index (χ0v) is 7.17. The molecule has 3 heteroatoms. The van der Waals surface area contributed by atoms with E-state index in [1.807, 2.05) is 6.92 Å². The first kappa shape index (κ1) is 10.4. The highest BCUT2D eigenvalue weighted by Crippen LogP contribution is 2.09. The van der Waals surface area contributed by atoms with Crippen molar-refractivity contribution in [2.24, 2.45) is 5.92 Å². The van der Waals surface area contributed by atoms with Crippen LogP contribution in [-0.2, 0) is 9.53 Å². The minimum atomic E-state index is -0.171. The van der Waals surface area contributed by atoms with Crippen LogP contribution >= 0.6 is 0 Å². The maximum Gasteiger partial charge on any atom is 0.305 e. The lowest BCUT2D eigenvalue weighted by atomic mass is 10.0. The van der Waals surface area contributed by atoms with Crippen LogP contribution in [0.5, 0.6) is 0 Å². The first-order valence-corrected chi connectivity index (χ1v) is 3.88. The molecule has 0 aliphatic heterocycles. The first-order valence-electron chi connectivity index (χ1n) is 3.88. The third-order valence-electron chi connectivity index (χ3n) is 1.69. The van der Waals surface area contributed by atoms with E-state index in [1.54, 1.807) is 0 Å². The van der Waals surface area contributed by atoms with Gasteiger partial charge in [0.25, 0.3) is 0 Å². The van der Waals surface area contributed by atoms with Gasteiger partial charge in [-0.2, -0.15) is 0 Å². The van der Waals surface area contributed by atoms with Crippen LogP contribution in [0.2, 0.25) is 0 Å². The quantitative estimate of drug-likeness (QED) is 0.609. The molecule has 0 bridgehead atoms. The van der Waals surface area contributed by atoms with Gasteiger partial charge in [0.2, 0.25) is 0 Å². The molecule has 0 unspecified atom stereocenters. The molecular weight excluding hydrogens is 144 g/mol. The Balaban J connectivity index is 3.29. The van der Waals surface area contributed by atoms with Crippen molar-refractivity contribution in [3.8, 4) is 0 Å². The second-order valence-electron chi connectivity index (χ2n) is 2.73. The molecule has 0 saturated heterocycles. The van der Waals surface area contributed by atoms with Crippen LogP contribution in [-0.4, -0.2) is 24.8 Å². The summed E-state index contributed by atoms with van der Waals surface area (Å²) in [6.07, 6.45) is 2.02. The molecule has 0 aromatic heterocycles. The van der Waals surface area contributed by atoms with Gasteiger partial charge < -0.3 is 9.84 Å². The third-order valence-corrected chi connectivity index (χ3v) is 1.69. The highest BCUT2D eigenvalue weighted by molar-refractivity contribution is 5.69. The van der Waals surface area contributed by atoms with E-state index in [4.69, 9.17) is 5.11 Å². The molecule has 0 amide bonds. The molecular formula is C8H16O3. The molecule has 1 atom stereocenters. The Bertz CT molecular complexity index is 112. The van der Waals surface area contributed by atoms with Gasteiger partial charge in [-0.15, -0.1) is 0 Å². The predicted octanol–water partition coefficient (Wildman–Crippen LogP) is 0.958. The van der Waals surface area contributed by atoms with E-state index < -0.39 is 0 Å². The standard InChI is InChI=1S/C8H16O3/c1-7(5-6-9)3-4-8(10)11-2/h7,9H,3-6H2,1-2H3/t7-/m0/s1. The summed E-state index contributed by atoms with van der Waals surface area (Å²) < 4.78 is 4.48. The van der Waals surface area contributed by atoms with Gasteiger partial charge in [-0.1, -0.05) is 6.92 Å². The van der Waals surface area contributed by atoms with Crippen molar-refractivity contribution in [1.82, 2.24) is 0 Å². The Hall–Kier alpha value is -0.570. The van der Waals surface area contributed by atoms with Crippen molar-refractivity contribution < 1.29 is 14.6 Å². The molecule has 0 aromatic rings. The molecule has 0 fully saturated rings. The second kappa shape index (κ2) is 6.16. The lowest BCUT2D eigenvalue weighted by molar-refractivity contribution is -0.140. The van der Waals surface area contributed by atoms with Crippen LogP contribution in [0.1, 0.15) is 26.2 Å². The van der Waals surface area contributed by atoms with Gasteiger partial charge in [0, 0.05) is 13.0 Å². The summed E-state index contributed by atoms with van der Waals surface area (Å²) >= 11 is 0. The fraction of sp³-hybridized carbons (Fsp3) is 0.875. The predicted molar refractivity (Wildman–Crippen MR) is 42.1 cm³/mol. The van der Waals surface area contributed by atoms with E-state index in [-0.39, 0.29) is 12.6 Å². The molecule has 0 heterocycles. The fourth-order valence-electron chi connectivity index (χ4n) is 0.831. The van der Waals surface area contributed by atoms with Crippen molar-refractivity contribution in [2.45, 2.75) is 26.2 Å². The summed E-state index contributed by atoms with van der Waals surface area (Å²) in [5, 5.41) is 8.54. The Kier molecular flexibility index (Phi) is 5.84. The normalized spacial score (nSPS) is 12.6. The van der Waals surface area contributed by atoms with Gasteiger partial charge in [0.1, 0.15) is 0 Å². The minimum absolute atomic E-state index is 0.171. The summed E-state index contributed by atoms with van der Waals surface area (Å²) in [7, 11) is 1.39. The van der Waals surface area contributed by atoms with Gasteiger partial charge >= 0.3 is 5.97 Å². The van der Waals surface area contributed by atoms with Crippen molar-refractivity contribution in [3.63, 3.8) is 0 Å². The lowest BCUT2D eigenvalue weighted by Gasteiger charge is -2.07. The number of hydrogen-bond donors (Lipinski definition) is 1. The van der Waals surface area contributed by atoms with Crippen molar-refractivity contribution in [2.75, 3.05) is 13.7 Å². The van der Waals surface area contributed by atoms with Crippen molar-refractivity contribution >= 4 is 5.97 Å². The molecule has 1 N–H and O–H groups in total. The Morgan fingerprint density at radius 1 is 1.55 bits per heavy atom. The van der Waals surface area contributed by atoms with Gasteiger partial charge in [0.05, 0.1) is 7.11 Å². The van der Waals surface area contributed by atoms with E-state index >= 15 is 0 Å². The van der Waals surface area contributed by atoms with Crippen molar-refractivity contribution in [3.05, 3.63) is 0 Å². The van der Waals surface area contributed by atoms with Gasteiger partial charge in [-0.25, -0.2) is 0 Å². The fourth-order valence-corrected chi connectivity index (χ4v) is 0.831. The zero-order valence-electron chi connectivity index (χ0n) is 7.17. The summed E-state index contributed by atoms with van der Waals surface area (Å²) in [5.41, 5.74) is 0. The topological polar surface area (TPSA) is 46.5 Å². The maximum absolute atomic E-state index is 10.6. The molecule has 3 nitrogen and oxygen atoms in total. The third kappa shape index (κ3) is 5.85. The van der Waals surface area contributed by atoms with Gasteiger partial charge in [-0.05, 0) is 18.8 Å². The average molecular weight is 160 g/mol. The molecule has 11 heavy (non-hydrogen) atoms.